The first kappa shape index (κ1) is 28.1. The summed E-state index contributed by atoms with van der Waals surface area (Å²) in [6.07, 6.45) is 5.41. The van der Waals surface area contributed by atoms with Crippen LogP contribution in [0.1, 0.15) is 34.2 Å². The SMILES string of the molecule is CCn1cc(-c2ccc(Cl)cc2Cl)nc1C=Cc1ccc(-c2ccc(OCc3ccc(C(=O)O)cc3)cc2)cc1F. The van der Waals surface area contributed by atoms with Gasteiger partial charge in [-0.1, -0.05) is 59.6 Å². The van der Waals surface area contributed by atoms with Crippen molar-refractivity contribution in [2.75, 3.05) is 0 Å². The van der Waals surface area contributed by atoms with Gasteiger partial charge in [-0.3, -0.25) is 0 Å². The summed E-state index contributed by atoms with van der Waals surface area (Å²) in [5.41, 5.74) is 4.61. The zero-order valence-corrected chi connectivity index (χ0v) is 23.5. The summed E-state index contributed by atoms with van der Waals surface area (Å²) in [7, 11) is 0. The fourth-order valence-electron chi connectivity index (χ4n) is 4.30. The summed E-state index contributed by atoms with van der Waals surface area (Å²) < 4.78 is 22.9. The van der Waals surface area contributed by atoms with E-state index in [2.05, 4.69) is 0 Å². The lowest BCUT2D eigenvalue weighted by Crippen LogP contribution is -1.98. The second kappa shape index (κ2) is 12.4. The molecular weight excluding hydrogens is 562 g/mol. The van der Waals surface area contributed by atoms with E-state index in [1.165, 1.54) is 6.07 Å². The van der Waals surface area contributed by atoms with E-state index < -0.39 is 5.97 Å². The van der Waals surface area contributed by atoms with Gasteiger partial charge in [0.05, 0.1) is 16.3 Å². The van der Waals surface area contributed by atoms with Crippen molar-refractivity contribution in [2.45, 2.75) is 20.1 Å². The van der Waals surface area contributed by atoms with Gasteiger partial charge in [0.25, 0.3) is 0 Å². The molecule has 0 fully saturated rings. The van der Waals surface area contributed by atoms with Crippen molar-refractivity contribution in [1.29, 1.82) is 0 Å². The molecule has 0 aliphatic heterocycles. The second-order valence-corrected chi connectivity index (χ2v) is 10.1. The van der Waals surface area contributed by atoms with E-state index in [9.17, 15) is 4.79 Å². The normalized spacial score (nSPS) is 11.2. The van der Waals surface area contributed by atoms with E-state index in [0.717, 1.165) is 22.3 Å². The lowest BCUT2D eigenvalue weighted by atomic mass is 10.0. The van der Waals surface area contributed by atoms with Crippen LogP contribution in [-0.2, 0) is 13.2 Å². The van der Waals surface area contributed by atoms with Crippen LogP contribution in [0.3, 0.4) is 0 Å². The molecule has 0 spiro atoms. The topological polar surface area (TPSA) is 64.4 Å². The van der Waals surface area contributed by atoms with E-state index >= 15 is 4.39 Å². The number of carbonyl (C=O) groups is 1. The summed E-state index contributed by atoms with van der Waals surface area (Å²) in [5, 5.41) is 10.1. The van der Waals surface area contributed by atoms with E-state index in [1.807, 2.05) is 54.1 Å². The van der Waals surface area contributed by atoms with Crippen molar-refractivity contribution in [3.8, 4) is 28.1 Å². The Morgan fingerprint density at radius 1 is 0.951 bits per heavy atom. The number of imidazole rings is 1. The van der Waals surface area contributed by atoms with Gasteiger partial charge in [0.15, 0.2) is 0 Å². The molecule has 5 nitrogen and oxygen atoms in total. The zero-order chi connectivity index (χ0) is 28.9. The van der Waals surface area contributed by atoms with Crippen molar-refractivity contribution in [2.24, 2.45) is 0 Å². The van der Waals surface area contributed by atoms with Crippen LogP contribution < -0.4 is 4.74 Å². The fraction of sp³-hybridized carbons (Fsp3) is 0.0909. The molecule has 0 saturated heterocycles. The Morgan fingerprint density at radius 2 is 1.68 bits per heavy atom. The molecular formula is C33H25Cl2FN2O3. The van der Waals surface area contributed by atoms with E-state index in [1.54, 1.807) is 54.6 Å². The first-order valence-electron chi connectivity index (χ1n) is 12.9. The Morgan fingerprint density at radius 3 is 2.34 bits per heavy atom. The van der Waals surface area contributed by atoms with Crippen molar-refractivity contribution < 1.29 is 19.0 Å². The number of halogens is 3. The minimum Gasteiger partial charge on any atom is -0.489 e. The molecule has 0 aliphatic rings. The maximum absolute atomic E-state index is 15.1. The highest BCUT2D eigenvalue weighted by Crippen LogP contribution is 2.30. The number of carboxylic acids is 1. The Labute approximate surface area is 247 Å². The van der Waals surface area contributed by atoms with Gasteiger partial charge in [0.2, 0.25) is 0 Å². The van der Waals surface area contributed by atoms with Crippen LogP contribution in [0.2, 0.25) is 10.0 Å². The number of hydrogen-bond donors (Lipinski definition) is 1. The summed E-state index contributed by atoms with van der Waals surface area (Å²) in [5.74, 6) is 0.0263. The number of aromatic carboxylic acids is 1. The molecule has 1 N–H and O–H groups in total. The lowest BCUT2D eigenvalue weighted by Gasteiger charge is -2.09. The quantitative estimate of drug-likeness (QED) is 0.187. The molecule has 0 unspecified atom stereocenters. The molecule has 0 atom stereocenters. The number of hydrogen-bond acceptors (Lipinski definition) is 3. The summed E-state index contributed by atoms with van der Waals surface area (Å²) in [4.78, 5) is 15.7. The molecule has 0 aliphatic carbocycles. The third-order valence-corrected chi connectivity index (χ3v) is 7.11. The molecule has 0 radical (unpaired) electrons. The molecule has 0 amide bonds. The molecule has 5 rings (SSSR count). The monoisotopic (exact) mass is 586 g/mol. The number of rotatable bonds is 9. The molecule has 41 heavy (non-hydrogen) atoms. The van der Waals surface area contributed by atoms with Gasteiger partial charge >= 0.3 is 5.97 Å². The van der Waals surface area contributed by atoms with Crippen molar-refractivity contribution in [3.63, 3.8) is 0 Å². The summed E-state index contributed by atoms with van der Waals surface area (Å²) in [6.45, 7) is 3.01. The van der Waals surface area contributed by atoms with Crippen LogP contribution in [0.15, 0.2) is 91.1 Å². The first-order chi connectivity index (χ1) is 19.8. The maximum atomic E-state index is 15.1. The molecule has 5 aromatic rings. The zero-order valence-electron chi connectivity index (χ0n) is 22.0. The number of benzene rings is 4. The third kappa shape index (κ3) is 6.68. The van der Waals surface area contributed by atoms with Crippen LogP contribution in [-0.4, -0.2) is 20.6 Å². The smallest absolute Gasteiger partial charge is 0.335 e. The molecule has 1 heterocycles. The van der Waals surface area contributed by atoms with Gasteiger partial charge < -0.3 is 14.4 Å². The molecule has 4 aromatic carbocycles. The van der Waals surface area contributed by atoms with Crippen LogP contribution in [0, 0.1) is 5.82 Å². The Balaban J connectivity index is 1.27. The highest BCUT2D eigenvalue weighted by atomic mass is 35.5. The van der Waals surface area contributed by atoms with Crippen LogP contribution in [0.25, 0.3) is 34.5 Å². The number of aryl methyl sites for hydroxylation is 1. The Bertz CT molecular complexity index is 1730. The van der Waals surface area contributed by atoms with Crippen LogP contribution >= 0.6 is 23.2 Å². The van der Waals surface area contributed by atoms with Crippen LogP contribution in [0.5, 0.6) is 5.75 Å². The number of nitrogens with zero attached hydrogens (tertiary/aromatic N) is 2. The van der Waals surface area contributed by atoms with Crippen molar-refractivity contribution in [1.82, 2.24) is 9.55 Å². The fourth-order valence-corrected chi connectivity index (χ4v) is 4.81. The largest absolute Gasteiger partial charge is 0.489 e. The average Bonchev–Trinajstić information content (AvgIpc) is 3.38. The van der Waals surface area contributed by atoms with Crippen LogP contribution in [0.4, 0.5) is 4.39 Å². The second-order valence-electron chi connectivity index (χ2n) is 9.28. The van der Waals surface area contributed by atoms with Gasteiger partial charge in [0, 0.05) is 28.9 Å². The van der Waals surface area contributed by atoms with E-state index in [0.29, 0.717) is 46.0 Å². The molecule has 1 aromatic heterocycles. The van der Waals surface area contributed by atoms with Gasteiger partial charge in [-0.25, -0.2) is 14.2 Å². The number of aromatic nitrogens is 2. The summed E-state index contributed by atoms with van der Waals surface area (Å²) in [6, 6.07) is 24.3. The van der Waals surface area contributed by atoms with Crippen molar-refractivity contribution >= 4 is 41.3 Å². The molecule has 8 heteroatoms. The van der Waals surface area contributed by atoms with Crippen molar-refractivity contribution in [3.05, 3.63) is 130 Å². The first-order valence-corrected chi connectivity index (χ1v) is 13.6. The Kier molecular flexibility index (Phi) is 8.53. The lowest BCUT2D eigenvalue weighted by molar-refractivity contribution is 0.0697. The highest BCUT2D eigenvalue weighted by molar-refractivity contribution is 6.36. The standard InChI is InChI=1S/C33H25Cl2FN2O3/c1-2-38-19-31(28-15-12-26(34)18-29(28)35)37-32(38)16-11-23-7-8-25(17-30(23)36)22-9-13-27(14-10-22)41-20-21-3-5-24(6-4-21)33(39)40/h3-19H,2,20H2,1H3,(H,39,40). The minimum absolute atomic E-state index is 0.229. The molecule has 0 saturated carbocycles. The number of carboxylic acid groups (broad SMARTS) is 1. The Hall–Kier alpha value is -4.39. The highest BCUT2D eigenvalue weighted by Gasteiger charge is 2.11. The van der Waals surface area contributed by atoms with E-state index in [-0.39, 0.29) is 11.4 Å². The predicted molar refractivity (Wildman–Crippen MR) is 162 cm³/mol. The van der Waals surface area contributed by atoms with Gasteiger partial charge in [-0.15, -0.1) is 0 Å². The summed E-state index contributed by atoms with van der Waals surface area (Å²) >= 11 is 12.4. The third-order valence-electron chi connectivity index (χ3n) is 6.56. The van der Waals surface area contributed by atoms with Gasteiger partial charge in [-0.05, 0) is 84.3 Å². The number of ether oxygens (including phenoxy) is 1. The maximum Gasteiger partial charge on any atom is 0.335 e. The van der Waals surface area contributed by atoms with Gasteiger partial charge in [0.1, 0.15) is 24.0 Å². The average molecular weight is 587 g/mol. The van der Waals surface area contributed by atoms with E-state index in [4.69, 9.17) is 38.0 Å². The van der Waals surface area contributed by atoms with Gasteiger partial charge in [-0.2, -0.15) is 0 Å². The molecule has 206 valence electrons. The predicted octanol–water partition coefficient (Wildman–Crippen LogP) is 9.13. The molecule has 0 bridgehead atoms. The minimum atomic E-state index is -0.966.